The van der Waals surface area contributed by atoms with Crippen molar-refractivity contribution in [3.63, 3.8) is 0 Å². The van der Waals surface area contributed by atoms with Crippen LogP contribution in [0.2, 0.25) is 0 Å². The molecule has 0 atom stereocenters. The predicted octanol–water partition coefficient (Wildman–Crippen LogP) is 4.72. The second-order valence-corrected chi connectivity index (χ2v) is 8.13. The number of hydrazone groups is 1. The van der Waals surface area contributed by atoms with Gasteiger partial charge in [-0.2, -0.15) is 5.10 Å². The Labute approximate surface area is 203 Å². The van der Waals surface area contributed by atoms with E-state index in [9.17, 15) is 19.7 Å². The number of non-ortho nitro benzene ring substituents is 1. The van der Waals surface area contributed by atoms with Gasteiger partial charge in [0.1, 0.15) is 11.5 Å². The first kappa shape index (κ1) is 24.6. The Hall–Kier alpha value is -4.05. The lowest BCUT2D eigenvalue weighted by atomic mass is 10.1. The van der Waals surface area contributed by atoms with Crippen LogP contribution in [0.5, 0.6) is 11.5 Å². The Morgan fingerprint density at radius 3 is 2.26 bits per heavy atom. The van der Waals surface area contributed by atoms with E-state index in [4.69, 9.17) is 9.47 Å². The first-order chi connectivity index (χ1) is 16.2. The number of benzene rings is 3. The molecule has 3 aromatic rings. The Morgan fingerprint density at radius 2 is 1.68 bits per heavy atom. The van der Waals surface area contributed by atoms with Crippen LogP contribution in [0.1, 0.15) is 27.0 Å². The van der Waals surface area contributed by atoms with Gasteiger partial charge in [0, 0.05) is 16.6 Å². The van der Waals surface area contributed by atoms with Crippen LogP contribution in [-0.2, 0) is 4.79 Å². The van der Waals surface area contributed by atoms with Crippen LogP contribution in [0.25, 0.3) is 0 Å². The highest BCUT2D eigenvalue weighted by molar-refractivity contribution is 9.10. The summed E-state index contributed by atoms with van der Waals surface area (Å²) in [4.78, 5) is 34.6. The van der Waals surface area contributed by atoms with E-state index in [2.05, 4.69) is 26.5 Å². The van der Waals surface area contributed by atoms with Gasteiger partial charge in [0.15, 0.2) is 6.61 Å². The maximum Gasteiger partial charge on any atom is 0.343 e. The van der Waals surface area contributed by atoms with Gasteiger partial charge in [-0.1, -0.05) is 15.9 Å². The molecule has 0 saturated heterocycles. The first-order valence-corrected chi connectivity index (χ1v) is 10.8. The van der Waals surface area contributed by atoms with E-state index in [1.165, 1.54) is 18.3 Å². The number of aryl methyl sites for hydroxylation is 2. The fourth-order valence-corrected chi connectivity index (χ4v) is 3.25. The summed E-state index contributed by atoms with van der Waals surface area (Å²) in [5.74, 6) is -0.178. The Kier molecular flexibility index (Phi) is 8.10. The summed E-state index contributed by atoms with van der Waals surface area (Å²) in [6, 6.07) is 16.2. The van der Waals surface area contributed by atoms with E-state index in [0.717, 1.165) is 4.47 Å². The third-order valence-corrected chi connectivity index (χ3v) is 5.11. The van der Waals surface area contributed by atoms with Gasteiger partial charge in [0.25, 0.3) is 11.6 Å². The smallest absolute Gasteiger partial charge is 0.343 e. The Balaban J connectivity index is 1.49. The maximum absolute atomic E-state index is 12.2. The molecule has 0 aliphatic heterocycles. The normalized spacial score (nSPS) is 10.7. The van der Waals surface area contributed by atoms with E-state index in [0.29, 0.717) is 33.8 Å². The zero-order valence-corrected chi connectivity index (χ0v) is 19.9. The zero-order chi connectivity index (χ0) is 24.7. The number of nitrogens with zero attached hydrogens (tertiary/aromatic N) is 2. The summed E-state index contributed by atoms with van der Waals surface area (Å²) < 4.78 is 11.7. The number of hydrogen-bond donors (Lipinski definition) is 1. The van der Waals surface area contributed by atoms with Gasteiger partial charge in [-0.05, 0) is 79.1 Å². The average molecular weight is 526 g/mol. The number of rotatable bonds is 8. The zero-order valence-electron chi connectivity index (χ0n) is 18.3. The molecule has 0 aromatic heterocycles. The largest absolute Gasteiger partial charge is 0.483 e. The highest BCUT2D eigenvalue weighted by atomic mass is 79.9. The van der Waals surface area contributed by atoms with Crippen molar-refractivity contribution in [2.75, 3.05) is 6.61 Å². The second-order valence-electron chi connectivity index (χ2n) is 7.21. The summed E-state index contributed by atoms with van der Waals surface area (Å²) in [6.45, 7) is 3.04. The average Bonchev–Trinajstić information content (AvgIpc) is 2.80. The van der Waals surface area contributed by atoms with E-state index in [1.807, 2.05) is 0 Å². The lowest BCUT2D eigenvalue weighted by Crippen LogP contribution is -2.25. The monoisotopic (exact) mass is 525 g/mol. The molecular formula is C24H20BrN3O6. The van der Waals surface area contributed by atoms with Gasteiger partial charge in [0.05, 0.1) is 16.7 Å². The quantitative estimate of drug-likeness (QED) is 0.149. The van der Waals surface area contributed by atoms with E-state index >= 15 is 0 Å². The second kappa shape index (κ2) is 11.2. The molecule has 1 amide bonds. The van der Waals surface area contributed by atoms with Crippen molar-refractivity contribution in [2.45, 2.75) is 13.8 Å². The minimum Gasteiger partial charge on any atom is -0.483 e. The van der Waals surface area contributed by atoms with Gasteiger partial charge >= 0.3 is 5.97 Å². The third kappa shape index (κ3) is 6.72. The fourth-order valence-electron chi connectivity index (χ4n) is 2.98. The van der Waals surface area contributed by atoms with E-state index in [-0.39, 0.29) is 12.3 Å². The molecule has 0 saturated carbocycles. The number of nitro benzene ring substituents is 1. The van der Waals surface area contributed by atoms with Crippen molar-refractivity contribution in [2.24, 2.45) is 5.10 Å². The summed E-state index contributed by atoms with van der Waals surface area (Å²) in [6.07, 6.45) is 1.43. The van der Waals surface area contributed by atoms with Crippen LogP contribution in [-0.4, -0.2) is 29.6 Å². The molecule has 34 heavy (non-hydrogen) atoms. The lowest BCUT2D eigenvalue weighted by Gasteiger charge is -2.11. The molecule has 0 aliphatic carbocycles. The van der Waals surface area contributed by atoms with Crippen molar-refractivity contribution in [1.29, 1.82) is 0 Å². The van der Waals surface area contributed by atoms with Gasteiger partial charge in [-0.3, -0.25) is 14.9 Å². The highest BCUT2D eigenvalue weighted by Gasteiger charge is 2.14. The van der Waals surface area contributed by atoms with Crippen LogP contribution in [0, 0.1) is 24.0 Å². The van der Waals surface area contributed by atoms with Gasteiger partial charge in [0.2, 0.25) is 0 Å². The summed E-state index contributed by atoms with van der Waals surface area (Å²) in [5.41, 5.74) is 4.53. The molecule has 0 aliphatic rings. The number of carbonyl (C=O) groups excluding carboxylic acids is 2. The number of nitrogens with one attached hydrogen (secondary N) is 1. The predicted molar refractivity (Wildman–Crippen MR) is 129 cm³/mol. The molecule has 1 N–H and O–H groups in total. The van der Waals surface area contributed by atoms with Crippen molar-refractivity contribution in [1.82, 2.24) is 5.43 Å². The minimum atomic E-state index is -0.492. The molecule has 0 spiro atoms. The number of esters is 1. The first-order valence-electron chi connectivity index (χ1n) is 10.0. The van der Waals surface area contributed by atoms with Crippen molar-refractivity contribution in [3.8, 4) is 11.5 Å². The van der Waals surface area contributed by atoms with Crippen molar-refractivity contribution < 1.29 is 24.0 Å². The highest BCUT2D eigenvalue weighted by Crippen LogP contribution is 2.28. The SMILES string of the molecule is Cc1cc([N+](=O)[O-])cc(C)c1OCC(=O)N/N=C\c1ccc(OC(=O)c2ccc(Br)cc2)cc1. The Bertz CT molecular complexity index is 1220. The number of carbonyl (C=O) groups is 2. The summed E-state index contributed by atoms with van der Waals surface area (Å²) in [7, 11) is 0. The topological polar surface area (TPSA) is 120 Å². The van der Waals surface area contributed by atoms with E-state index < -0.39 is 16.8 Å². The molecule has 0 unspecified atom stereocenters. The molecular weight excluding hydrogens is 506 g/mol. The molecule has 174 valence electrons. The maximum atomic E-state index is 12.2. The number of ether oxygens (including phenoxy) is 2. The standard InChI is InChI=1S/C24H20BrN3O6/c1-15-11-20(28(31)32)12-16(2)23(15)33-14-22(29)27-26-13-17-3-9-21(10-4-17)34-24(30)18-5-7-19(25)8-6-18/h3-13H,14H2,1-2H3,(H,27,29)/b26-13-. The molecule has 10 heteroatoms. The Morgan fingerprint density at radius 1 is 1.06 bits per heavy atom. The molecule has 0 heterocycles. The van der Waals surface area contributed by atoms with Crippen molar-refractivity contribution in [3.05, 3.63) is 97.5 Å². The van der Waals surface area contributed by atoms with Gasteiger partial charge in [-0.15, -0.1) is 0 Å². The van der Waals surface area contributed by atoms with Crippen LogP contribution in [0.4, 0.5) is 5.69 Å². The molecule has 9 nitrogen and oxygen atoms in total. The van der Waals surface area contributed by atoms with Gasteiger partial charge in [-0.25, -0.2) is 10.2 Å². The fraction of sp³-hybridized carbons (Fsp3) is 0.125. The third-order valence-electron chi connectivity index (χ3n) is 4.58. The summed E-state index contributed by atoms with van der Waals surface area (Å²) >= 11 is 3.31. The number of halogens is 1. The van der Waals surface area contributed by atoms with Gasteiger partial charge < -0.3 is 9.47 Å². The number of hydrogen-bond acceptors (Lipinski definition) is 7. The van der Waals surface area contributed by atoms with E-state index in [1.54, 1.807) is 62.4 Å². The van der Waals surface area contributed by atoms with Crippen LogP contribution >= 0.6 is 15.9 Å². The molecule has 0 fully saturated rings. The molecule has 3 aromatic carbocycles. The number of amides is 1. The van der Waals surface area contributed by atoms with Crippen LogP contribution in [0.3, 0.4) is 0 Å². The molecule has 0 radical (unpaired) electrons. The molecule has 3 rings (SSSR count). The lowest BCUT2D eigenvalue weighted by molar-refractivity contribution is -0.385. The number of nitro groups is 1. The minimum absolute atomic E-state index is 0.0366. The molecule has 0 bridgehead atoms. The van der Waals surface area contributed by atoms with Crippen LogP contribution in [0.15, 0.2) is 70.2 Å². The van der Waals surface area contributed by atoms with Crippen molar-refractivity contribution >= 4 is 39.7 Å². The van der Waals surface area contributed by atoms with Crippen LogP contribution < -0.4 is 14.9 Å². The summed E-state index contributed by atoms with van der Waals surface area (Å²) in [5, 5.41) is 14.8.